The molecule has 118 valence electrons. The van der Waals surface area contributed by atoms with Crippen molar-refractivity contribution in [3.8, 4) is 0 Å². The van der Waals surface area contributed by atoms with Crippen LogP contribution in [0.1, 0.15) is 6.92 Å². The van der Waals surface area contributed by atoms with E-state index in [2.05, 4.69) is 21.5 Å². The second-order valence-corrected chi connectivity index (χ2v) is 6.77. The highest BCUT2D eigenvalue weighted by molar-refractivity contribution is 7.96. The topological polar surface area (TPSA) is 77.6 Å². The summed E-state index contributed by atoms with van der Waals surface area (Å²) in [5.41, 5.74) is 0.474. The van der Waals surface area contributed by atoms with Gasteiger partial charge in [-0.2, -0.15) is 9.49 Å². The first kappa shape index (κ1) is 16.3. The van der Waals surface area contributed by atoms with E-state index >= 15 is 0 Å². The van der Waals surface area contributed by atoms with E-state index in [0.29, 0.717) is 5.39 Å². The van der Waals surface area contributed by atoms with E-state index in [1.165, 1.54) is 24.2 Å². The molecule has 1 heterocycles. The molecule has 0 bridgehead atoms. The molecule has 2 aromatic rings. The zero-order chi connectivity index (χ0) is 16.5. The number of anilines is 1. The number of aromatic nitrogens is 1. The number of allylic oxidation sites excluding steroid dienone is 1. The number of nitrogens with one attached hydrogen (secondary N) is 2. The minimum Gasteiger partial charge on any atom is -0.328 e. The van der Waals surface area contributed by atoms with Gasteiger partial charge in [0.15, 0.2) is 0 Å². The SMILES string of the molecule is C=NN(C)/C=C(\C)S(=O)(=O)Nc1cccc2c(Cl)c(F)[nH]c12. The van der Waals surface area contributed by atoms with Crippen LogP contribution in [-0.4, -0.2) is 32.2 Å². The number of benzene rings is 1. The fourth-order valence-electron chi connectivity index (χ4n) is 1.84. The van der Waals surface area contributed by atoms with Gasteiger partial charge in [0.05, 0.1) is 16.1 Å². The average molecular weight is 345 g/mol. The molecule has 1 aromatic carbocycles. The highest BCUT2D eigenvalue weighted by Crippen LogP contribution is 2.31. The van der Waals surface area contributed by atoms with Gasteiger partial charge in [-0.3, -0.25) is 9.73 Å². The monoisotopic (exact) mass is 344 g/mol. The number of nitrogens with zero attached hydrogens (tertiary/aromatic N) is 2. The molecule has 22 heavy (non-hydrogen) atoms. The summed E-state index contributed by atoms with van der Waals surface area (Å²) in [5, 5.41) is 5.13. The van der Waals surface area contributed by atoms with Crippen molar-refractivity contribution in [2.75, 3.05) is 11.8 Å². The molecule has 0 saturated heterocycles. The molecule has 0 spiro atoms. The lowest BCUT2D eigenvalue weighted by Crippen LogP contribution is -2.16. The van der Waals surface area contributed by atoms with Crippen molar-refractivity contribution in [3.05, 3.63) is 40.3 Å². The number of halogens is 2. The number of rotatable bonds is 5. The Morgan fingerprint density at radius 2 is 2.23 bits per heavy atom. The Balaban J connectivity index is 2.44. The predicted molar refractivity (Wildman–Crippen MR) is 86.9 cm³/mol. The van der Waals surface area contributed by atoms with Crippen LogP contribution in [0.3, 0.4) is 0 Å². The number of para-hydroxylation sites is 1. The van der Waals surface area contributed by atoms with E-state index in [9.17, 15) is 12.8 Å². The molecule has 0 unspecified atom stereocenters. The van der Waals surface area contributed by atoms with Crippen LogP contribution in [0.4, 0.5) is 10.1 Å². The normalized spacial score (nSPS) is 12.5. The van der Waals surface area contributed by atoms with Gasteiger partial charge in [0.2, 0.25) is 5.95 Å². The van der Waals surface area contributed by atoms with Gasteiger partial charge in [0.1, 0.15) is 5.02 Å². The summed E-state index contributed by atoms with van der Waals surface area (Å²) in [6.07, 6.45) is 1.30. The van der Waals surface area contributed by atoms with Crippen LogP contribution in [0.15, 0.2) is 34.4 Å². The van der Waals surface area contributed by atoms with Gasteiger partial charge in [-0.1, -0.05) is 23.7 Å². The number of hydrogen-bond donors (Lipinski definition) is 2. The molecule has 9 heteroatoms. The Morgan fingerprint density at radius 1 is 1.55 bits per heavy atom. The van der Waals surface area contributed by atoms with E-state index in [0.717, 1.165) is 0 Å². The number of hydrazone groups is 1. The van der Waals surface area contributed by atoms with Crippen molar-refractivity contribution in [2.24, 2.45) is 5.10 Å². The fourth-order valence-corrected chi connectivity index (χ4v) is 2.95. The van der Waals surface area contributed by atoms with Crippen molar-refractivity contribution in [3.63, 3.8) is 0 Å². The minimum absolute atomic E-state index is 0.0255. The highest BCUT2D eigenvalue weighted by Gasteiger charge is 2.18. The summed E-state index contributed by atoms with van der Waals surface area (Å²) in [6, 6.07) is 4.68. The third-order valence-corrected chi connectivity index (χ3v) is 4.80. The molecule has 0 radical (unpaired) electrons. The fraction of sp³-hybridized carbons (Fsp3) is 0.154. The van der Waals surface area contributed by atoms with E-state index < -0.39 is 16.0 Å². The van der Waals surface area contributed by atoms with Gasteiger partial charge in [-0.05, 0) is 13.0 Å². The highest BCUT2D eigenvalue weighted by atomic mass is 35.5. The van der Waals surface area contributed by atoms with Crippen LogP contribution < -0.4 is 4.72 Å². The van der Waals surface area contributed by atoms with Crippen molar-refractivity contribution < 1.29 is 12.8 Å². The molecule has 0 aliphatic carbocycles. The molecule has 0 aliphatic heterocycles. The predicted octanol–water partition coefficient (Wildman–Crippen LogP) is 3.11. The second-order valence-electron chi connectivity index (χ2n) is 4.54. The quantitative estimate of drug-likeness (QED) is 0.646. The second kappa shape index (κ2) is 5.98. The Bertz CT molecular complexity index is 860. The number of hydrogen-bond acceptors (Lipinski definition) is 4. The Labute approximate surface area is 132 Å². The van der Waals surface area contributed by atoms with Gasteiger partial charge in [-0.15, -0.1) is 0 Å². The van der Waals surface area contributed by atoms with Crippen LogP contribution in [0.5, 0.6) is 0 Å². The smallest absolute Gasteiger partial charge is 0.259 e. The zero-order valence-corrected chi connectivity index (χ0v) is 13.5. The number of aromatic amines is 1. The molecular weight excluding hydrogens is 331 g/mol. The van der Waals surface area contributed by atoms with E-state index in [1.54, 1.807) is 19.2 Å². The molecule has 0 aliphatic rings. The van der Waals surface area contributed by atoms with Gasteiger partial charge < -0.3 is 4.98 Å². The van der Waals surface area contributed by atoms with Crippen LogP contribution in [0, 0.1) is 5.95 Å². The summed E-state index contributed by atoms with van der Waals surface area (Å²) >= 11 is 5.81. The van der Waals surface area contributed by atoms with Crippen molar-refractivity contribution in [1.82, 2.24) is 9.99 Å². The number of fused-ring (bicyclic) bond motifs is 1. The largest absolute Gasteiger partial charge is 0.328 e. The Morgan fingerprint density at radius 3 is 2.86 bits per heavy atom. The van der Waals surface area contributed by atoms with Crippen LogP contribution in [0.25, 0.3) is 10.9 Å². The standard InChI is InChI=1S/C13H14ClFN4O2S/c1-8(7-19(3)16-2)22(20,21)18-10-6-4-5-9-11(14)13(15)17-12(9)10/h4-7,17-18H,2H2,1,3H3/b8-7+. The van der Waals surface area contributed by atoms with Crippen molar-refractivity contribution in [2.45, 2.75) is 6.92 Å². The Hall–Kier alpha value is -2.06. The molecule has 0 amide bonds. The molecule has 0 atom stereocenters. The summed E-state index contributed by atoms with van der Waals surface area (Å²) in [4.78, 5) is 2.45. The zero-order valence-electron chi connectivity index (χ0n) is 11.9. The summed E-state index contributed by atoms with van der Waals surface area (Å²) in [5.74, 6) is -0.717. The van der Waals surface area contributed by atoms with E-state index in [4.69, 9.17) is 11.6 Å². The summed E-state index contributed by atoms with van der Waals surface area (Å²) in [7, 11) is -2.27. The maximum absolute atomic E-state index is 13.5. The molecule has 2 N–H and O–H groups in total. The third kappa shape index (κ3) is 3.07. The van der Waals surface area contributed by atoms with Crippen molar-refractivity contribution in [1.29, 1.82) is 0 Å². The van der Waals surface area contributed by atoms with Crippen LogP contribution >= 0.6 is 11.6 Å². The van der Waals surface area contributed by atoms with Gasteiger partial charge in [0.25, 0.3) is 10.0 Å². The molecular formula is C13H14ClFN4O2S. The van der Waals surface area contributed by atoms with Gasteiger partial charge in [0, 0.05) is 25.4 Å². The van der Waals surface area contributed by atoms with Crippen LogP contribution in [-0.2, 0) is 10.0 Å². The number of sulfonamides is 1. The maximum atomic E-state index is 13.5. The summed E-state index contributed by atoms with van der Waals surface area (Å²) < 4.78 is 40.5. The van der Waals surface area contributed by atoms with Crippen LogP contribution in [0.2, 0.25) is 5.02 Å². The molecule has 1 aromatic heterocycles. The van der Waals surface area contributed by atoms with Gasteiger partial charge in [-0.25, -0.2) is 8.42 Å². The molecule has 2 rings (SSSR count). The first-order valence-corrected chi connectivity index (χ1v) is 7.99. The molecule has 6 nitrogen and oxygen atoms in total. The number of H-pyrrole nitrogens is 1. The first-order valence-electron chi connectivity index (χ1n) is 6.12. The van der Waals surface area contributed by atoms with E-state index in [-0.39, 0.29) is 21.1 Å². The third-order valence-electron chi connectivity index (χ3n) is 2.99. The van der Waals surface area contributed by atoms with Crippen molar-refractivity contribution >= 4 is 44.9 Å². The average Bonchev–Trinajstić information content (AvgIpc) is 2.75. The minimum atomic E-state index is -3.82. The lowest BCUT2D eigenvalue weighted by atomic mass is 10.2. The van der Waals surface area contributed by atoms with Gasteiger partial charge >= 0.3 is 0 Å². The lowest BCUT2D eigenvalue weighted by molar-refractivity contribution is 0.492. The first-order chi connectivity index (χ1) is 10.3. The molecule has 0 fully saturated rings. The summed E-state index contributed by atoms with van der Waals surface area (Å²) in [6.45, 7) is 4.70. The lowest BCUT2D eigenvalue weighted by Gasteiger charge is -2.11. The maximum Gasteiger partial charge on any atom is 0.259 e. The Kier molecular flexibility index (Phi) is 4.43. The molecule has 0 saturated carbocycles. The van der Waals surface area contributed by atoms with E-state index in [1.807, 2.05) is 0 Å².